The van der Waals surface area contributed by atoms with E-state index >= 15 is 0 Å². The minimum absolute atomic E-state index is 0.134. The van der Waals surface area contributed by atoms with Crippen molar-refractivity contribution in [2.75, 3.05) is 31.1 Å². The number of benzene rings is 2. The predicted molar refractivity (Wildman–Crippen MR) is 125 cm³/mol. The molecule has 35 heavy (non-hydrogen) atoms. The minimum atomic E-state index is -4.78. The molecule has 0 bridgehead atoms. The van der Waals surface area contributed by atoms with Crippen LogP contribution in [0.5, 0.6) is 0 Å². The van der Waals surface area contributed by atoms with Gasteiger partial charge in [0.25, 0.3) is 5.91 Å². The number of hydroxylamine groups is 1. The molecule has 0 saturated heterocycles. The van der Waals surface area contributed by atoms with Crippen molar-refractivity contribution in [1.29, 1.82) is 0 Å². The van der Waals surface area contributed by atoms with Crippen LogP contribution in [-0.2, 0) is 15.6 Å². The molecule has 1 amide bonds. The van der Waals surface area contributed by atoms with Gasteiger partial charge in [0.2, 0.25) is 5.95 Å². The van der Waals surface area contributed by atoms with Crippen molar-refractivity contribution in [2.45, 2.75) is 13.1 Å². The Morgan fingerprint density at radius 1 is 1.09 bits per heavy atom. The van der Waals surface area contributed by atoms with E-state index in [-0.39, 0.29) is 22.9 Å². The second-order valence-corrected chi connectivity index (χ2v) is 11.0. The van der Waals surface area contributed by atoms with Crippen molar-refractivity contribution < 1.29 is 31.8 Å². The van der Waals surface area contributed by atoms with Gasteiger partial charge in [0.15, 0.2) is 0 Å². The highest BCUT2D eigenvalue weighted by atomic mass is 31.2. The Morgan fingerprint density at radius 3 is 2.40 bits per heavy atom. The highest BCUT2D eigenvalue weighted by Gasteiger charge is 2.36. The normalized spacial score (nSPS) is 11.8. The second kappa shape index (κ2) is 10.0. The van der Waals surface area contributed by atoms with Gasteiger partial charge in [0, 0.05) is 17.2 Å². The lowest BCUT2D eigenvalue weighted by Gasteiger charge is -2.18. The number of nitrogens with zero attached hydrogens (tertiary/aromatic N) is 2. The van der Waals surface area contributed by atoms with E-state index in [1.165, 1.54) is 32.6 Å². The maximum absolute atomic E-state index is 14.5. The zero-order valence-corrected chi connectivity index (χ0v) is 20.0. The van der Waals surface area contributed by atoms with E-state index in [0.717, 1.165) is 6.07 Å². The number of nitrogens with one attached hydrogen (secondary N) is 3. The zero-order chi connectivity index (χ0) is 26.0. The smallest absolute Gasteiger partial charge is 0.339 e. The molecular formula is C22H22F4N5O3P. The average molecular weight is 511 g/mol. The van der Waals surface area contributed by atoms with Crippen molar-refractivity contribution in [3.05, 3.63) is 65.1 Å². The van der Waals surface area contributed by atoms with Gasteiger partial charge in [0.05, 0.1) is 18.4 Å². The lowest BCUT2D eigenvalue weighted by Crippen LogP contribution is -2.23. The molecular weight excluding hydrogens is 489 g/mol. The van der Waals surface area contributed by atoms with E-state index in [0.29, 0.717) is 17.1 Å². The maximum atomic E-state index is 14.5. The average Bonchev–Trinajstić information content (AvgIpc) is 2.75. The Balaban J connectivity index is 2.02. The quantitative estimate of drug-likeness (QED) is 0.234. The fraction of sp³-hybridized carbons (Fsp3) is 0.227. The first-order valence-corrected chi connectivity index (χ1v) is 12.7. The van der Waals surface area contributed by atoms with Crippen LogP contribution in [0.15, 0.2) is 42.6 Å². The molecule has 0 saturated carbocycles. The summed E-state index contributed by atoms with van der Waals surface area (Å²) in [4.78, 5) is 24.0. The second-order valence-electron chi connectivity index (χ2n) is 7.85. The predicted octanol–water partition coefficient (Wildman–Crippen LogP) is 4.97. The molecule has 0 radical (unpaired) electrons. The summed E-state index contributed by atoms with van der Waals surface area (Å²) in [5.41, 5.74) is 1.31. The van der Waals surface area contributed by atoms with Crippen LogP contribution < -0.4 is 21.4 Å². The topological polar surface area (TPSA) is 105 Å². The first kappa shape index (κ1) is 26.1. The summed E-state index contributed by atoms with van der Waals surface area (Å²) in [6.45, 7) is 4.56. The van der Waals surface area contributed by atoms with E-state index in [9.17, 15) is 26.9 Å². The van der Waals surface area contributed by atoms with Gasteiger partial charge < -0.3 is 15.2 Å². The molecule has 0 aliphatic rings. The van der Waals surface area contributed by atoms with Crippen LogP contribution in [0.3, 0.4) is 0 Å². The number of rotatable bonds is 7. The number of amides is 1. The Hall–Kier alpha value is -3.50. The Labute approximate surface area is 198 Å². The van der Waals surface area contributed by atoms with Gasteiger partial charge in [-0.05, 0) is 50.1 Å². The molecule has 0 aliphatic carbocycles. The third-order valence-electron chi connectivity index (χ3n) is 4.83. The number of alkyl halides is 3. The molecule has 3 N–H and O–H groups in total. The van der Waals surface area contributed by atoms with Gasteiger partial charge in [-0.15, -0.1) is 0 Å². The third kappa shape index (κ3) is 6.14. The lowest BCUT2D eigenvalue weighted by molar-refractivity contribution is -0.137. The van der Waals surface area contributed by atoms with Gasteiger partial charge in [0.1, 0.15) is 24.3 Å². The first-order chi connectivity index (χ1) is 16.3. The molecule has 0 aliphatic heterocycles. The van der Waals surface area contributed by atoms with Gasteiger partial charge >= 0.3 is 6.18 Å². The van der Waals surface area contributed by atoms with Crippen molar-refractivity contribution in [3.63, 3.8) is 0 Å². The highest BCUT2D eigenvalue weighted by molar-refractivity contribution is 7.70. The summed E-state index contributed by atoms with van der Waals surface area (Å²) in [5, 5.41) is 5.64. The zero-order valence-electron chi connectivity index (χ0n) is 19.1. The summed E-state index contributed by atoms with van der Waals surface area (Å²) in [6, 6.07) is 8.51. The molecule has 0 fully saturated rings. The number of aryl methyl sites for hydroxylation is 1. The number of halogens is 4. The third-order valence-corrected chi connectivity index (χ3v) is 6.38. The van der Waals surface area contributed by atoms with Gasteiger partial charge in [-0.25, -0.2) is 14.9 Å². The van der Waals surface area contributed by atoms with Crippen LogP contribution in [0.2, 0.25) is 0 Å². The van der Waals surface area contributed by atoms with Crippen LogP contribution in [0.25, 0.3) is 0 Å². The van der Waals surface area contributed by atoms with E-state index in [2.05, 4.69) is 25.4 Å². The van der Waals surface area contributed by atoms with Crippen LogP contribution in [-0.4, -0.2) is 36.3 Å². The van der Waals surface area contributed by atoms with Crippen molar-refractivity contribution >= 4 is 41.5 Å². The van der Waals surface area contributed by atoms with Crippen LogP contribution in [0.4, 0.5) is 40.7 Å². The first-order valence-electron chi connectivity index (χ1n) is 10.1. The van der Waals surface area contributed by atoms with Gasteiger partial charge in [-0.1, -0.05) is 12.1 Å². The Bertz CT molecular complexity index is 1310. The van der Waals surface area contributed by atoms with Crippen molar-refractivity contribution in [2.24, 2.45) is 0 Å². The van der Waals surface area contributed by atoms with E-state index in [1.54, 1.807) is 25.1 Å². The summed E-state index contributed by atoms with van der Waals surface area (Å²) in [7, 11) is -1.63. The molecule has 0 spiro atoms. The number of carbonyl (C=O) groups is 1. The number of carbonyl (C=O) groups excluding carboxylic acids is 1. The summed E-state index contributed by atoms with van der Waals surface area (Å²) in [6.07, 6.45) is -4.19. The van der Waals surface area contributed by atoms with Gasteiger partial charge in [-0.3, -0.25) is 9.63 Å². The molecule has 186 valence electrons. The van der Waals surface area contributed by atoms with Crippen LogP contribution in [0.1, 0.15) is 21.5 Å². The van der Waals surface area contributed by atoms with E-state index in [1.807, 2.05) is 5.48 Å². The van der Waals surface area contributed by atoms with E-state index in [4.69, 9.17) is 0 Å². The van der Waals surface area contributed by atoms with Crippen molar-refractivity contribution in [1.82, 2.24) is 15.4 Å². The monoisotopic (exact) mass is 511 g/mol. The van der Waals surface area contributed by atoms with E-state index < -0.39 is 36.4 Å². The number of hydrogen-bond acceptors (Lipinski definition) is 7. The summed E-state index contributed by atoms with van der Waals surface area (Å²) in [5.74, 6) is -2.54. The number of para-hydroxylation sites is 1. The standard InChI is InChI=1S/C22H22F4N5O3P/c1-12-9-13(20(32)31-34-2)15(23)10-17(12)29-21-27-11-14(22(24,25)26)19(30-21)28-16-7-5-6-8-18(16)35(3,4)33/h5-11H,1-4H3,(H,31,32)(H2,27,28,29,30). The molecule has 2 aromatic carbocycles. The molecule has 1 heterocycles. The Morgan fingerprint density at radius 2 is 1.77 bits per heavy atom. The van der Waals surface area contributed by atoms with Crippen LogP contribution in [0, 0.1) is 12.7 Å². The maximum Gasteiger partial charge on any atom is 0.421 e. The molecule has 0 unspecified atom stereocenters. The highest BCUT2D eigenvalue weighted by Crippen LogP contribution is 2.40. The van der Waals surface area contributed by atoms with Gasteiger partial charge in [-0.2, -0.15) is 18.2 Å². The lowest BCUT2D eigenvalue weighted by atomic mass is 10.1. The van der Waals surface area contributed by atoms with Crippen LogP contribution >= 0.6 is 7.14 Å². The molecule has 3 aromatic rings. The summed E-state index contributed by atoms with van der Waals surface area (Å²) < 4.78 is 68.0. The minimum Gasteiger partial charge on any atom is -0.339 e. The summed E-state index contributed by atoms with van der Waals surface area (Å²) >= 11 is 0. The van der Waals surface area contributed by atoms with Crippen molar-refractivity contribution in [3.8, 4) is 0 Å². The number of aromatic nitrogens is 2. The number of hydrogen-bond donors (Lipinski definition) is 3. The fourth-order valence-electron chi connectivity index (χ4n) is 3.18. The molecule has 0 atom stereocenters. The molecule has 1 aromatic heterocycles. The Kier molecular flexibility index (Phi) is 7.47. The largest absolute Gasteiger partial charge is 0.421 e. The SMILES string of the molecule is CONC(=O)c1cc(C)c(Nc2ncc(C(F)(F)F)c(Nc3ccccc3P(C)(C)=O)n2)cc1F. The molecule has 13 heteroatoms. The molecule has 3 rings (SSSR count). The molecule has 8 nitrogen and oxygen atoms in total. The number of anilines is 4. The fourth-order valence-corrected chi connectivity index (χ4v) is 4.34.